The molecule has 5 aliphatic rings. The molecule has 15 heteroatoms. The zero-order chi connectivity index (χ0) is 42.4. The number of hydrogen-bond acceptors (Lipinski definition) is 12. The van der Waals surface area contributed by atoms with Crippen LogP contribution in [0.25, 0.3) is 0 Å². The summed E-state index contributed by atoms with van der Waals surface area (Å²) in [5.74, 6) is -0.464. The first-order valence-electron chi connectivity index (χ1n) is 21.1. The lowest BCUT2D eigenvalue weighted by molar-refractivity contribution is -0.136. The summed E-state index contributed by atoms with van der Waals surface area (Å²) >= 11 is 6.31. The predicted octanol–water partition coefficient (Wildman–Crippen LogP) is 4.78. The van der Waals surface area contributed by atoms with Crippen LogP contribution in [0.15, 0.2) is 72.9 Å². The molecule has 61 heavy (non-hydrogen) atoms. The van der Waals surface area contributed by atoms with Gasteiger partial charge in [-0.3, -0.25) is 39.2 Å². The second-order valence-corrected chi connectivity index (χ2v) is 17.6. The second kappa shape index (κ2) is 16.5. The number of benzene rings is 3. The third-order valence-electron chi connectivity index (χ3n) is 13.2. The summed E-state index contributed by atoms with van der Waals surface area (Å²) in [6.45, 7) is 11.7. The quantitative estimate of drug-likeness (QED) is 0.219. The Kier molecular flexibility index (Phi) is 11.0. The van der Waals surface area contributed by atoms with E-state index in [4.69, 9.17) is 21.3 Å². The molecule has 14 nitrogen and oxygen atoms in total. The molecule has 6 heterocycles. The van der Waals surface area contributed by atoms with Gasteiger partial charge in [0.05, 0.1) is 34.1 Å². The number of aromatic nitrogens is 2. The number of anilines is 2. The van der Waals surface area contributed by atoms with Crippen LogP contribution in [0.5, 0.6) is 5.75 Å². The van der Waals surface area contributed by atoms with E-state index in [1.807, 2.05) is 48.5 Å². The molecular weight excluding hydrogens is 794 g/mol. The number of ether oxygens (including phenoxy) is 1. The number of nitriles is 1. The molecule has 0 saturated carbocycles. The molecule has 314 valence electrons. The van der Waals surface area contributed by atoms with Crippen molar-refractivity contribution < 1.29 is 23.9 Å². The molecule has 1 N–H and O–H groups in total. The van der Waals surface area contributed by atoms with E-state index in [-0.39, 0.29) is 24.2 Å². The number of piperidine rings is 2. The first-order chi connectivity index (χ1) is 29.5. The van der Waals surface area contributed by atoms with Crippen molar-refractivity contribution in [3.63, 3.8) is 0 Å². The van der Waals surface area contributed by atoms with Crippen molar-refractivity contribution >= 4 is 46.9 Å². The number of rotatable bonds is 10. The Bertz CT molecular complexity index is 2410. The second-order valence-electron chi connectivity index (χ2n) is 17.1. The minimum atomic E-state index is -0.976. The number of fused-ring (bicyclic) bond motifs is 1. The van der Waals surface area contributed by atoms with Crippen LogP contribution in [0.1, 0.15) is 82.6 Å². The number of hydrogen-bond donors (Lipinski definition) is 1. The summed E-state index contributed by atoms with van der Waals surface area (Å²) < 4.78 is 6.15. The number of nitrogens with one attached hydrogen (secondary N) is 1. The van der Waals surface area contributed by atoms with Crippen molar-refractivity contribution in [3.05, 3.63) is 111 Å². The molecule has 1 aromatic heterocycles. The molecule has 0 aliphatic carbocycles. The van der Waals surface area contributed by atoms with E-state index in [0.29, 0.717) is 40.4 Å². The lowest BCUT2D eigenvalue weighted by atomic mass is 9.78. The number of imide groups is 2. The van der Waals surface area contributed by atoms with Crippen LogP contribution in [0.2, 0.25) is 5.02 Å². The van der Waals surface area contributed by atoms with Crippen molar-refractivity contribution in [2.45, 2.75) is 69.7 Å². The summed E-state index contributed by atoms with van der Waals surface area (Å²) in [6, 6.07) is 22.8. The molecule has 5 aliphatic heterocycles. The fourth-order valence-corrected chi connectivity index (χ4v) is 9.71. The van der Waals surface area contributed by atoms with Gasteiger partial charge in [0, 0.05) is 87.5 Å². The van der Waals surface area contributed by atoms with E-state index in [2.05, 4.69) is 49.8 Å². The van der Waals surface area contributed by atoms with E-state index >= 15 is 0 Å². The average molecular weight is 842 g/mol. The van der Waals surface area contributed by atoms with Gasteiger partial charge in [0.1, 0.15) is 18.4 Å². The SMILES string of the molecule is CC(C)(c1ccc(OCc2ccnc(N3CCN(C4CCN(C5CN(c6cccc7c6C(=O)N(C6CCC(=O)NC6=O)C7=O)C5)CC4)CC3)n2)cc1)c1cc(Cl)cc(C#N)c1. The van der Waals surface area contributed by atoms with Crippen molar-refractivity contribution in [2.75, 3.05) is 62.2 Å². The number of carbonyl (C=O) groups excluding carboxylic acids is 4. The number of likely N-dealkylation sites (tertiary alicyclic amines) is 1. The van der Waals surface area contributed by atoms with Crippen LogP contribution >= 0.6 is 11.6 Å². The topological polar surface area (TPSA) is 155 Å². The maximum atomic E-state index is 13.6. The summed E-state index contributed by atoms with van der Waals surface area (Å²) in [5.41, 5.74) is 4.46. The molecule has 0 spiro atoms. The third-order valence-corrected chi connectivity index (χ3v) is 13.4. The fraction of sp³-hybridized carbons (Fsp3) is 0.413. The van der Waals surface area contributed by atoms with Gasteiger partial charge < -0.3 is 14.5 Å². The standard InChI is InChI=1S/C46H48ClN9O5/c1-46(2,31-22-29(25-48)23-32(47)24-31)30-6-8-36(9-7-30)61-28-33-12-15-49-45(50-33)54-20-18-53(19-21-54)34-13-16-52(17-14-34)35-26-55(27-35)38-5-3-4-37-41(38)44(60)56(43(37)59)39-10-11-40(57)51-42(39)58/h3-9,12,15,22-24,34-35,39H,10-11,13-14,16-21,26-28H2,1-2H3,(H,51,57,58). The number of nitrogens with zero attached hydrogens (tertiary/aromatic N) is 8. The highest BCUT2D eigenvalue weighted by Crippen LogP contribution is 2.38. The molecular formula is C46H48ClN9O5. The van der Waals surface area contributed by atoms with Crippen molar-refractivity contribution in [1.29, 1.82) is 5.26 Å². The highest BCUT2D eigenvalue weighted by molar-refractivity contribution is 6.30. The Morgan fingerprint density at radius 3 is 2.30 bits per heavy atom. The van der Waals surface area contributed by atoms with Crippen molar-refractivity contribution in [2.24, 2.45) is 0 Å². The van der Waals surface area contributed by atoms with Crippen LogP contribution in [-0.2, 0) is 21.6 Å². The number of piperazine rings is 1. The van der Waals surface area contributed by atoms with Gasteiger partial charge in [-0.15, -0.1) is 0 Å². The first kappa shape index (κ1) is 40.5. The Balaban J connectivity index is 0.730. The first-order valence-corrected chi connectivity index (χ1v) is 21.4. The van der Waals surface area contributed by atoms with Gasteiger partial charge in [0.2, 0.25) is 17.8 Å². The molecule has 0 radical (unpaired) electrons. The zero-order valence-electron chi connectivity index (χ0n) is 34.3. The zero-order valence-corrected chi connectivity index (χ0v) is 35.1. The van der Waals surface area contributed by atoms with Crippen molar-refractivity contribution in [1.82, 2.24) is 30.0 Å². The lowest BCUT2D eigenvalue weighted by Gasteiger charge is -2.50. The summed E-state index contributed by atoms with van der Waals surface area (Å²) in [4.78, 5) is 71.3. The molecule has 0 bridgehead atoms. The van der Waals surface area contributed by atoms with Crippen LogP contribution in [0, 0.1) is 11.3 Å². The Hall–Kier alpha value is -5.88. The average Bonchev–Trinajstić information content (AvgIpc) is 3.51. The van der Waals surface area contributed by atoms with Gasteiger partial charge >= 0.3 is 0 Å². The minimum Gasteiger partial charge on any atom is -0.487 e. The van der Waals surface area contributed by atoms with E-state index in [1.165, 1.54) is 0 Å². The summed E-state index contributed by atoms with van der Waals surface area (Å²) in [7, 11) is 0. The smallest absolute Gasteiger partial charge is 0.264 e. The van der Waals surface area contributed by atoms with Crippen LogP contribution in [0.3, 0.4) is 0 Å². The maximum Gasteiger partial charge on any atom is 0.264 e. The molecule has 4 fully saturated rings. The lowest BCUT2D eigenvalue weighted by Crippen LogP contribution is -2.62. The van der Waals surface area contributed by atoms with Gasteiger partial charge in [-0.25, -0.2) is 9.97 Å². The van der Waals surface area contributed by atoms with Crippen LogP contribution in [-0.4, -0.2) is 119 Å². The molecule has 4 aromatic rings. The fourth-order valence-electron chi connectivity index (χ4n) is 9.47. The molecule has 3 aromatic carbocycles. The van der Waals surface area contributed by atoms with E-state index < -0.39 is 23.8 Å². The van der Waals surface area contributed by atoms with Gasteiger partial charge in [0.25, 0.3) is 11.8 Å². The molecule has 9 rings (SSSR count). The Morgan fingerprint density at radius 2 is 1.57 bits per heavy atom. The van der Waals surface area contributed by atoms with Crippen molar-refractivity contribution in [3.8, 4) is 11.8 Å². The Morgan fingerprint density at radius 1 is 0.836 bits per heavy atom. The Labute approximate surface area is 360 Å². The highest BCUT2D eigenvalue weighted by Gasteiger charge is 2.47. The van der Waals surface area contributed by atoms with Gasteiger partial charge in [-0.05, 0) is 78.9 Å². The minimum absolute atomic E-state index is 0.0938. The van der Waals surface area contributed by atoms with Gasteiger partial charge in [0.15, 0.2) is 0 Å². The molecule has 4 amide bonds. The number of halogens is 1. The van der Waals surface area contributed by atoms with E-state index in [9.17, 15) is 24.4 Å². The monoisotopic (exact) mass is 841 g/mol. The largest absolute Gasteiger partial charge is 0.487 e. The molecule has 1 atom stereocenters. The highest BCUT2D eigenvalue weighted by atomic mass is 35.5. The van der Waals surface area contributed by atoms with Crippen LogP contribution in [0.4, 0.5) is 11.6 Å². The summed E-state index contributed by atoms with van der Waals surface area (Å²) in [5, 5.41) is 12.2. The van der Waals surface area contributed by atoms with E-state index in [1.54, 1.807) is 24.4 Å². The predicted molar refractivity (Wildman–Crippen MR) is 229 cm³/mol. The number of carbonyl (C=O) groups is 4. The third kappa shape index (κ3) is 7.93. The summed E-state index contributed by atoms with van der Waals surface area (Å²) in [6.07, 6.45) is 4.22. The molecule has 4 saturated heterocycles. The molecule has 1 unspecified atom stereocenters. The number of amides is 4. The maximum absolute atomic E-state index is 13.6. The van der Waals surface area contributed by atoms with Gasteiger partial charge in [-0.1, -0.05) is 43.6 Å². The van der Waals surface area contributed by atoms with Crippen LogP contribution < -0.4 is 19.9 Å². The van der Waals surface area contributed by atoms with Gasteiger partial charge in [-0.2, -0.15) is 5.26 Å². The normalized spacial score (nSPS) is 20.7. The van der Waals surface area contributed by atoms with E-state index in [0.717, 1.165) is 104 Å².